The highest BCUT2D eigenvalue weighted by atomic mass is 16.5. The molecule has 0 aliphatic carbocycles. The zero-order valence-electron chi connectivity index (χ0n) is 6.24. The summed E-state index contributed by atoms with van der Waals surface area (Å²) >= 11 is 0. The number of hydrogen-bond donors (Lipinski definition) is 3. The second-order valence-electron chi connectivity index (χ2n) is 2.26. The van der Waals surface area contributed by atoms with Crippen molar-refractivity contribution in [1.82, 2.24) is 4.98 Å². The fourth-order valence-corrected chi connectivity index (χ4v) is 0.848. The topological polar surface area (TPSA) is 65.5 Å². The van der Waals surface area contributed by atoms with Gasteiger partial charge in [-0.15, -0.1) is 0 Å². The van der Waals surface area contributed by atoms with Gasteiger partial charge in [0.1, 0.15) is 0 Å². The minimum Gasteiger partial charge on any atom is -0.423 e. The third-order valence-electron chi connectivity index (χ3n) is 1.36. The Labute approximate surface area is 65.0 Å². The van der Waals surface area contributed by atoms with Gasteiger partial charge in [-0.05, 0) is 11.5 Å². The Bertz CT molecular complexity index is 223. The molecule has 60 valence electrons. The van der Waals surface area contributed by atoms with Crippen molar-refractivity contribution in [2.75, 3.05) is 7.11 Å². The molecular formula is C6H10BNO3. The van der Waals surface area contributed by atoms with E-state index in [0.29, 0.717) is 12.1 Å². The lowest BCUT2D eigenvalue weighted by atomic mass is 9.82. The lowest BCUT2D eigenvalue weighted by molar-refractivity contribution is 0.182. The summed E-state index contributed by atoms with van der Waals surface area (Å²) in [7, 11) is 0.174. The maximum atomic E-state index is 8.70. The smallest absolute Gasteiger partial charge is 0.423 e. The second kappa shape index (κ2) is 3.57. The summed E-state index contributed by atoms with van der Waals surface area (Å²) in [5.74, 6) is 0. The summed E-state index contributed by atoms with van der Waals surface area (Å²) < 4.78 is 4.83. The molecule has 0 aliphatic heterocycles. The zero-order valence-corrected chi connectivity index (χ0v) is 6.24. The zero-order chi connectivity index (χ0) is 8.27. The van der Waals surface area contributed by atoms with Crippen LogP contribution in [0.5, 0.6) is 0 Å². The highest BCUT2D eigenvalue weighted by Crippen LogP contribution is 1.94. The van der Waals surface area contributed by atoms with Gasteiger partial charge in [0.15, 0.2) is 0 Å². The summed E-state index contributed by atoms with van der Waals surface area (Å²) in [6.07, 6.45) is 1.54. The largest absolute Gasteiger partial charge is 0.489 e. The molecule has 3 N–H and O–H groups in total. The normalized spacial score (nSPS) is 10.1. The molecule has 0 aliphatic rings. The number of hydrogen-bond acceptors (Lipinski definition) is 3. The van der Waals surface area contributed by atoms with Crippen molar-refractivity contribution in [3.63, 3.8) is 0 Å². The number of aromatic nitrogens is 1. The van der Waals surface area contributed by atoms with Crippen LogP contribution in [0.1, 0.15) is 5.69 Å². The van der Waals surface area contributed by atoms with Crippen LogP contribution in [0.15, 0.2) is 12.3 Å². The van der Waals surface area contributed by atoms with E-state index in [1.165, 1.54) is 0 Å². The van der Waals surface area contributed by atoms with Crippen LogP contribution in [0.25, 0.3) is 0 Å². The Morgan fingerprint density at radius 2 is 2.36 bits per heavy atom. The molecule has 0 unspecified atom stereocenters. The molecule has 0 saturated heterocycles. The van der Waals surface area contributed by atoms with Crippen molar-refractivity contribution in [2.24, 2.45) is 0 Å². The van der Waals surface area contributed by atoms with Gasteiger partial charge < -0.3 is 19.8 Å². The Morgan fingerprint density at radius 3 is 2.82 bits per heavy atom. The van der Waals surface area contributed by atoms with E-state index < -0.39 is 7.12 Å². The van der Waals surface area contributed by atoms with Gasteiger partial charge in [-0.1, -0.05) is 0 Å². The van der Waals surface area contributed by atoms with Crippen LogP contribution in [-0.4, -0.2) is 29.3 Å². The van der Waals surface area contributed by atoms with Crippen molar-refractivity contribution in [2.45, 2.75) is 6.61 Å². The first kappa shape index (κ1) is 8.32. The molecule has 0 radical (unpaired) electrons. The van der Waals surface area contributed by atoms with Crippen LogP contribution >= 0.6 is 0 Å². The first-order valence-electron chi connectivity index (χ1n) is 3.26. The molecule has 1 aromatic rings. The fraction of sp³-hybridized carbons (Fsp3) is 0.333. The molecule has 4 nitrogen and oxygen atoms in total. The van der Waals surface area contributed by atoms with Gasteiger partial charge in [0, 0.05) is 19.0 Å². The van der Waals surface area contributed by atoms with Crippen LogP contribution < -0.4 is 5.46 Å². The average molecular weight is 155 g/mol. The van der Waals surface area contributed by atoms with Crippen molar-refractivity contribution in [1.29, 1.82) is 0 Å². The summed E-state index contributed by atoms with van der Waals surface area (Å²) in [6, 6.07) is 1.65. The highest BCUT2D eigenvalue weighted by Gasteiger charge is 2.11. The molecule has 1 aromatic heterocycles. The van der Waals surface area contributed by atoms with E-state index in [4.69, 9.17) is 14.8 Å². The van der Waals surface area contributed by atoms with Crippen LogP contribution in [-0.2, 0) is 11.3 Å². The van der Waals surface area contributed by atoms with Crippen LogP contribution in [0.2, 0.25) is 0 Å². The number of rotatable bonds is 3. The number of ether oxygens (including phenoxy) is 1. The predicted octanol–water partition coefficient (Wildman–Crippen LogP) is -1.16. The van der Waals surface area contributed by atoms with Crippen LogP contribution in [0, 0.1) is 0 Å². The van der Waals surface area contributed by atoms with Gasteiger partial charge in [-0.3, -0.25) is 0 Å². The number of aromatic amines is 1. The van der Waals surface area contributed by atoms with Crippen molar-refractivity contribution in [3.05, 3.63) is 18.0 Å². The fourth-order valence-electron chi connectivity index (χ4n) is 0.848. The monoisotopic (exact) mass is 155 g/mol. The predicted molar refractivity (Wildman–Crippen MR) is 41.3 cm³/mol. The maximum Gasteiger partial charge on any atom is 0.489 e. The van der Waals surface area contributed by atoms with E-state index in [-0.39, 0.29) is 0 Å². The average Bonchev–Trinajstić information content (AvgIpc) is 2.37. The molecule has 1 heterocycles. The first-order valence-corrected chi connectivity index (χ1v) is 3.26. The molecule has 5 heteroatoms. The van der Waals surface area contributed by atoms with Gasteiger partial charge in [-0.25, -0.2) is 0 Å². The van der Waals surface area contributed by atoms with E-state index in [2.05, 4.69) is 4.98 Å². The Kier molecular flexibility index (Phi) is 2.70. The summed E-state index contributed by atoms with van der Waals surface area (Å²) in [5.41, 5.74) is 1.28. The first-order chi connectivity index (χ1) is 5.24. The number of nitrogens with one attached hydrogen (secondary N) is 1. The van der Waals surface area contributed by atoms with E-state index >= 15 is 0 Å². The minimum absolute atomic E-state index is 0.451. The SMILES string of the molecule is COCc1cc(B(O)O)c[nH]1. The molecule has 0 spiro atoms. The second-order valence-corrected chi connectivity index (χ2v) is 2.26. The van der Waals surface area contributed by atoms with E-state index in [9.17, 15) is 0 Å². The van der Waals surface area contributed by atoms with Crippen molar-refractivity contribution in [3.8, 4) is 0 Å². The molecule has 0 saturated carbocycles. The molecule has 0 bridgehead atoms. The third-order valence-corrected chi connectivity index (χ3v) is 1.36. The van der Waals surface area contributed by atoms with Crippen LogP contribution in [0.4, 0.5) is 0 Å². The van der Waals surface area contributed by atoms with Gasteiger partial charge in [0.05, 0.1) is 6.61 Å². The molecule has 0 atom stereocenters. The summed E-state index contributed by atoms with van der Waals surface area (Å²) in [4.78, 5) is 2.84. The quantitative estimate of drug-likeness (QED) is 0.482. The molecule has 0 aromatic carbocycles. The Hall–Kier alpha value is -0.775. The number of methoxy groups -OCH3 is 1. The van der Waals surface area contributed by atoms with Crippen molar-refractivity contribution >= 4 is 12.6 Å². The lowest BCUT2D eigenvalue weighted by Crippen LogP contribution is -2.28. The molecule has 0 fully saturated rings. The standard InChI is InChI=1S/C6H10BNO3/c1-11-4-6-2-5(3-8-6)7(9)10/h2-3,8-10H,4H2,1H3. The third kappa shape index (κ3) is 2.08. The van der Waals surface area contributed by atoms with Crippen LogP contribution in [0.3, 0.4) is 0 Å². The summed E-state index contributed by atoms with van der Waals surface area (Å²) in [6.45, 7) is 0.451. The Balaban J connectivity index is 2.66. The molecular weight excluding hydrogens is 145 g/mol. The van der Waals surface area contributed by atoms with E-state index in [0.717, 1.165) is 5.69 Å². The molecule has 1 rings (SSSR count). The maximum absolute atomic E-state index is 8.70. The molecule has 11 heavy (non-hydrogen) atoms. The molecule has 0 amide bonds. The summed E-state index contributed by atoms with van der Waals surface area (Å²) in [5, 5.41) is 17.4. The van der Waals surface area contributed by atoms with E-state index in [1.807, 2.05) is 0 Å². The van der Waals surface area contributed by atoms with Gasteiger partial charge in [-0.2, -0.15) is 0 Å². The van der Waals surface area contributed by atoms with Crippen molar-refractivity contribution < 1.29 is 14.8 Å². The lowest BCUT2D eigenvalue weighted by Gasteiger charge is -1.92. The van der Waals surface area contributed by atoms with Gasteiger partial charge in [0.25, 0.3) is 0 Å². The minimum atomic E-state index is -1.41. The highest BCUT2D eigenvalue weighted by molar-refractivity contribution is 6.58. The van der Waals surface area contributed by atoms with Gasteiger partial charge >= 0.3 is 7.12 Å². The Morgan fingerprint density at radius 1 is 1.64 bits per heavy atom. The number of H-pyrrole nitrogens is 1. The van der Waals surface area contributed by atoms with E-state index in [1.54, 1.807) is 19.4 Å². The van der Waals surface area contributed by atoms with Gasteiger partial charge in [0.2, 0.25) is 0 Å².